The number of anilines is 1. The van der Waals surface area contributed by atoms with Gasteiger partial charge in [-0.3, -0.25) is 0 Å². The zero-order chi connectivity index (χ0) is 11.4. The third-order valence-corrected chi connectivity index (χ3v) is 2.03. The Bertz CT molecular complexity index is 382. The van der Waals surface area contributed by atoms with Gasteiger partial charge >= 0.3 is 6.03 Å². The summed E-state index contributed by atoms with van der Waals surface area (Å²) >= 11 is 5.87. The quantitative estimate of drug-likeness (QED) is 0.832. The Morgan fingerprint density at radius 2 is 1.93 bits per heavy atom. The van der Waals surface area contributed by atoms with E-state index in [0.29, 0.717) is 22.2 Å². The molecule has 0 saturated heterocycles. The fraction of sp³-hybridized carbons (Fsp3) is 0.222. The minimum atomic E-state index is -0.686. The summed E-state index contributed by atoms with van der Waals surface area (Å²) in [6, 6.07) is 2.38. The topological polar surface area (TPSA) is 73.6 Å². The monoisotopic (exact) mass is 230 g/mol. The van der Waals surface area contributed by atoms with Gasteiger partial charge in [0.2, 0.25) is 0 Å². The second-order valence-corrected chi connectivity index (χ2v) is 3.08. The summed E-state index contributed by atoms with van der Waals surface area (Å²) in [5.74, 6) is 0.888. The summed E-state index contributed by atoms with van der Waals surface area (Å²) in [5, 5.41) is 2.75. The number of nitrogens with two attached hydrogens (primary N) is 1. The molecule has 82 valence electrons. The fourth-order valence-corrected chi connectivity index (χ4v) is 1.33. The van der Waals surface area contributed by atoms with Crippen LogP contribution in [0.2, 0.25) is 5.02 Å². The van der Waals surface area contributed by atoms with Crippen LogP contribution < -0.4 is 20.5 Å². The average Bonchev–Trinajstić information content (AvgIpc) is 2.17. The highest BCUT2D eigenvalue weighted by atomic mass is 35.5. The van der Waals surface area contributed by atoms with Gasteiger partial charge in [0.25, 0.3) is 0 Å². The van der Waals surface area contributed by atoms with Crippen molar-refractivity contribution in [3.63, 3.8) is 0 Å². The first-order chi connectivity index (χ1) is 7.08. The van der Waals surface area contributed by atoms with Crippen LogP contribution in [-0.2, 0) is 0 Å². The Balaban J connectivity index is 3.15. The Labute approximate surface area is 92.1 Å². The van der Waals surface area contributed by atoms with Crippen molar-refractivity contribution in [3.8, 4) is 11.5 Å². The minimum Gasteiger partial charge on any atom is -0.495 e. The van der Waals surface area contributed by atoms with Crippen LogP contribution in [0.15, 0.2) is 12.1 Å². The van der Waals surface area contributed by atoms with Crippen molar-refractivity contribution in [1.82, 2.24) is 0 Å². The van der Waals surface area contributed by atoms with Crippen LogP contribution in [0.1, 0.15) is 0 Å². The molecule has 0 heterocycles. The van der Waals surface area contributed by atoms with E-state index in [2.05, 4.69) is 5.32 Å². The van der Waals surface area contributed by atoms with Crippen molar-refractivity contribution >= 4 is 23.3 Å². The number of carbonyl (C=O) groups is 1. The molecule has 0 radical (unpaired) electrons. The molecule has 1 aromatic carbocycles. The SMILES string of the molecule is COc1cc(OC)c(NC(N)=O)cc1Cl. The van der Waals surface area contributed by atoms with Gasteiger partial charge in [-0.25, -0.2) is 4.79 Å². The Morgan fingerprint density at radius 3 is 2.40 bits per heavy atom. The molecular weight excluding hydrogens is 220 g/mol. The largest absolute Gasteiger partial charge is 0.495 e. The minimum absolute atomic E-state index is 0.363. The Hall–Kier alpha value is -1.62. The lowest BCUT2D eigenvalue weighted by molar-refractivity contribution is 0.259. The molecule has 0 fully saturated rings. The molecule has 5 nitrogen and oxygen atoms in total. The first kappa shape index (κ1) is 11.5. The summed E-state index contributed by atoms with van der Waals surface area (Å²) in [5.41, 5.74) is 5.39. The molecule has 0 aliphatic rings. The number of ether oxygens (including phenoxy) is 2. The van der Waals surface area contributed by atoms with E-state index in [9.17, 15) is 4.79 Å². The number of halogens is 1. The lowest BCUT2D eigenvalue weighted by atomic mass is 10.2. The number of hydrogen-bond donors (Lipinski definition) is 2. The van der Waals surface area contributed by atoms with E-state index in [1.54, 1.807) is 6.07 Å². The van der Waals surface area contributed by atoms with Gasteiger partial charge in [0.15, 0.2) is 0 Å². The number of urea groups is 1. The lowest BCUT2D eigenvalue weighted by Crippen LogP contribution is -2.19. The van der Waals surface area contributed by atoms with Crippen LogP contribution in [0, 0.1) is 0 Å². The lowest BCUT2D eigenvalue weighted by Gasteiger charge is -2.11. The van der Waals surface area contributed by atoms with Crippen LogP contribution in [0.3, 0.4) is 0 Å². The number of hydrogen-bond acceptors (Lipinski definition) is 3. The van der Waals surface area contributed by atoms with E-state index in [0.717, 1.165) is 0 Å². The first-order valence-electron chi connectivity index (χ1n) is 4.06. The molecule has 2 amide bonds. The number of rotatable bonds is 3. The van der Waals surface area contributed by atoms with Crippen LogP contribution >= 0.6 is 11.6 Å². The Kier molecular flexibility index (Phi) is 3.62. The van der Waals surface area contributed by atoms with Gasteiger partial charge in [-0.15, -0.1) is 0 Å². The summed E-state index contributed by atoms with van der Waals surface area (Å²) < 4.78 is 10.0. The highest BCUT2D eigenvalue weighted by Gasteiger charge is 2.10. The fourth-order valence-electron chi connectivity index (χ4n) is 1.09. The van der Waals surface area contributed by atoms with Crippen molar-refractivity contribution in [3.05, 3.63) is 17.2 Å². The third-order valence-electron chi connectivity index (χ3n) is 1.73. The molecule has 0 bridgehead atoms. The van der Waals surface area contributed by atoms with Gasteiger partial charge in [-0.1, -0.05) is 11.6 Å². The van der Waals surface area contributed by atoms with Crippen LogP contribution in [0.4, 0.5) is 10.5 Å². The molecule has 3 N–H and O–H groups in total. The van der Waals surface area contributed by atoms with Crippen molar-refractivity contribution in [1.29, 1.82) is 0 Å². The van der Waals surface area contributed by atoms with E-state index < -0.39 is 6.03 Å². The van der Waals surface area contributed by atoms with Crippen LogP contribution in [0.25, 0.3) is 0 Å². The molecule has 15 heavy (non-hydrogen) atoms. The molecular formula is C9H11ClN2O3. The molecule has 0 unspecified atom stereocenters. The number of benzene rings is 1. The molecule has 0 aromatic heterocycles. The molecule has 0 atom stereocenters. The summed E-state index contributed by atoms with van der Waals surface area (Å²) in [6.45, 7) is 0. The maximum atomic E-state index is 10.7. The van der Waals surface area contributed by atoms with Crippen molar-refractivity contribution in [2.75, 3.05) is 19.5 Å². The smallest absolute Gasteiger partial charge is 0.316 e. The average molecular weight is 231 g/mol. The highest BCUT2D eigenvalue weighted by molar-refractivity contribution is 6.32. The maximum Gasteiger partial charge on any atom is 0.316 e. The maximum absolute atomic E-state index is 10.7. The van der Waals surface area contributed by atoms with Crippen LogP contribution in [0.5, 0.6) is 11.5 Å². The van der Waals surface area contributed by atoms with Gasteiger partial charge in [0.1, 0.15) is 11.5 Å². The third kappa shape index (κ3) is 2.66. The van der Waals surface area contributed by atoms with Gasteiger partial charge in [-0.2, -0.15) is 0 Å². The predicted molar refractivity (Wildman–Crippen MR) is 57.8 cm³/mol. The van der Waals surface area contributed by atoms with E-state index in [1.165, 1.54) is 20.3 Å². The second kappa shape index (κ2) is 4.75. The van der Waals surface area contributed by atoms with E-state index >= 15 is 0 Å². The van der Waals surface area contributed by atoms with E-state index in [1.807, 2.05) is 0 Å². The molecule has 1 aromatic rings. The predicted octanol–water partition coefficient (Wildman–Crippen LogP) is 1.85. The zero-order valence-corrected chi connectivity index (χ0v) is 9.09. The standard InChI is InChI=1S/C9H11ClN2O3/c1-14-7-4-8(15-2)6(3-5(7)10)12-9(11)13/h3-4H,1-2H3,(H3,11,12,13). The molecule has 0 saturated carbocycles. The molecule has 0 aliphatic carbocycles. The summed E-state index contributed by atoms with van der Waals surface area (Å²) in [6.07, 6.45) is 0. The number of carbonyl (C=O) groups excluding carboxylic acids is 1. The molecule has 0 spiro atoms. The number of amides is 2. The number of methoxy groups -OCH3 is 2. The van der Waals surface area contributed by atoms with Gasteiger partial charge < -0.3 is 20.5 Å². The highest BCUT2D eigenvalue weighted by Crippen LogP contribution is 2.35. The summed E-state index contributed by atoms with van der Waals surface area (Å²) in [7, 11) is 2.96. The number of nitrogens with one attached hydrogen (secondary N) is 1. The molecule has 1 rings (SSSR count). The first-order valence-corrected chi connectivity index (χ1v) is 4.44. The van der Waals surface area contributed by atoms with Crippen molar-refractivity contribution < 1.29 is 14.3 Å². The number of primary amides is 1. The van der Waals surface area contributed by atoms with E-state index in [4.69, 9.17) is 26.8 Å². The van der Waals surface area contributed by atoms with Gasteiger partial charge in [0.05, 0.1) is 24.9 Å². The van der Waals surface area contributed by atoms with Gasteiger partial charge in [-0.05, 0) is 6.07 Å². The van der Waals surface area contributed by atoms with Crippen molar-refractivity contribution in [2.45, 2.75) is 0 Å². The normalized spacial score (nSPS) is 9.53. The zero-order valence-electron chi connectivity index (χ0n) is 8.33. The van der Waals surface area contributed by atoms with Crippen molar-refractivity contribution in [2.24, 2.45) is 5.73 Å². The Morgan fingerprint density at radius 1 is 1.33 bits per heavy atom. The van der Waals surface area contributed by atoms with E-state index in [-0.39, 0.29) is 0 Å². The second-order valence-electron chi connectivity index (χ2n) is 2.68. The summed E-state index contributed by atoms with van der Waals surface area (Å²) in [4.78, 5) is 10.7. The van der Waals surface area contributed by atoms with Gasteiger partial charge in [0, 0.05) is 6.07 Å². The van der Waals surface area contributed by atoms with Crippen LogP contribution in [-0.4, -0.2) is 20.3 Å². The molecule has 0 aliphatic heterocycles. The molecule has 6 heteroatoms.